The molecule has 4 heteroatoms. The zero-order chi connectivity index (χ0) is 14.8. The SMILES string of the molecule is Cc1ccc(C(=O)N2CCOCC2)cc1NC(C)(C)C. The van der Waals surface area contributed by atoms with E-state index in [1.807, 2.05) is 23.1 Å². The number of aryl methyl sites for hydroxylation is 1. The lowest BCUT2D eigenvalue weighted by Gasteiger charge is -2.28. The maximum absolute atomic E-state index is 12.5. The number of amides is 1. The number of hydrogen-bond acceptors (Lipinski definition) is 3. The van der Waals surface area contributed by atoms with Gasteiger partial charge in [0.15, 0.2) is 0 Å². The van der Waals surface area contributed by atoms with Gasteiger partial charge < -0.3 is 15.0 Å². The molecule has 110 valence electrons. The molecule has 0 radical (unpaired) electrons. The Kier molecular flexibility index (Phi) is 4.33. The van der Waals surface area contributed by atoms with Crippen LogP contribution in [0.1, 0.15) is 36.7 Å². The van der Waals surface area contributed by atoms with Crippen LogP contribution >= 0.6 is 0 Å². The second-order valence-corrected chi connectivity index (χ2v) is 6.31. The van der Waals surface area contributed by atoms with Gasteiger partial charge in [0.1, 0.15) is 0 Å². The van der Waals surface area contributed by atoms with Crippen molar-refractivity contribution in [2.75, 3.05) is 31.6 Å². The average Bonchev–Trinajstić information content (AvgIpc) is 2.40. The van der Waals surface area contributed by atoms with Gasteiger partial charge in [0.25, 0.3) is 5.91 Å². The molecule has 1 aliphatic heterocycles. The first-order valence-corrected chi connectivity index (χ1v) is 7.13. The molecule has 1 aliphatic rings. The molecular formula is C16H24N2O2. The van der Waals surface area contributed by atoms with Crippen LogP contribution in [0.25, 0.3) is 0 Å². The number of nitrogens with one attached hydrogen (secondary N) is 1. The lowest BCUT2D eigenvalue weighted by atomic mass is 10.0. The third kappa shape index (κ3) is 3.73. The first-order valence-electron chi connectivity index (χ1n) is 7.13. The average molecular weight is 276 g/mol. The van der Waals surface area contributed by atoms with Gasteiger partial charge >= 0.3 is 0 Å². The number of ether oxygens (including phenoxy) is 1. The number of rotatable bonds is 2. The summed E-state index contributed by atoms with van der Waals surface area (Å²) in [7, 11) is 0. The number of carbonyl (C=O) groups is 1. The van der Waals surface area contributed by atoms with E-state index in [0.29, 0.717) is 26.3 Å². The van der Waals surface area contributed by atoms with Gasteiger partial charge in [-0.25, -0.2) is 0 Å². The van der Waals surface area contributed by atoms with Crippen LogP contribution in [0.5, 0.6) is 0 Å². The van der Waals surface area contributed by atoms with E-state index in [0.717, 1.165) is 16.8 Å². The number of carbonyl (C=O) groups excluding carboxylic acids is 1. The van der Waals surface area contributed by atoms with E-state index in [2.05, 4.69) is 33.0 Å². The minimum atomic E-state index is -0.0224. The van der Waals surface area contributed by atoms with E-state index in [-0.39, 0.29) is 11.4 Å². The summed E-state index contributed by atoms with van der Waals surface area (Å²) in [5.41, 5.74) is 2.89. The molecule has 0 aromatic heterocycles. The zero-order valence-corrected chi connectivity index (χ0v) is 12.8. The molecule has 0 unspecified atom stereocenters. The van der Waals surface area contributed by atoms with Gasteiger partial charge in [0.05, 0.1) is 13.2 Å². The van der Waals surface area contributed by atoms with Gasteiger partial charge in [-0.15, -0.1) is 0 Å². The van der Waals surface area contributed by atoms with Crippen molar-refractivity contribution >= 4 is 11.6 Å². The summed E-state index contributed by atoms with van der Waals surface area (Å²) >= 11 is 0. The fourth-order valence-electron chi connectivity index (χ4n) is 2.24. The molecule has 0 bridgehead atoms. The Morgan fingerprint density at radius 2 is 1.90 bits per heavy atom. The van der Waals surface area contributed by atoms with Crippen LogP contribution in [-0.2, 0) is 4.74 Å². The standard InChI is InChI=1S/C16H24N2O2/c1-12-5-6-13(11-14(12)17-16(2,3)4)15(19)18-7-9-20-10-8-18/h5-6,11,17H,7-10H2,1-4H3. The first-order chi connectivity index (χ1) is 9.37. The molecule has 1 N–H and O–H groups in total. The number of morpholine rings is 1. The molecule has 0 saturated carbocycles. The van der Waals surface area contributed by atoms with Gasteiger partial charge in [0, 0.05) is 29.9 Å². The predicted molar refractivity (Wildman–Crippen MR) is 81.3 cm³/mol. The molecule has 1 amide bonds. The van der Waals surface area contributed by atoms with Crippen LogP contribution < -0.4 is 5.32 Å². The molecule has 20 heavy (non-hydrogen) atoms. The topological polar surface area (TPSA) is 41.6 Å². The van der Waals surface area contributed by atoms with E-state index < -0.39 is 0 Å². The van der Waals surface area contributed by atoms with Crippen LogP contribution in [0.4, 0.5) is 5.69 Å². The summed E-state index contributed by atoms with van der Waals surface area (Å²) in [4.78, 5) is 14.3. The lowest BCUT2D eigenvalue weighted by Crippen LogP contribution is -2.40. The largest absolute Gasteiger partial charge is 0.380 e. The van der Waals surface area contributed by atoms with Gasteiger partial charge in [-0.1, -0.05) is 6.07 Å². The third-order valence-electron chi connectivity index (χ3n) is 3.29. The fourth-order valence-corrected chi connectivity index (χ4v) is 2.24. The summed E-state index contributed by atoms with van der Waals surface area (Å²) in [5, 5.41) is 3.45. The number of hydrogen-bond donors (Lipinski definition) is 1. The van der Waals surface area contributed by atoms with Crippen molar-refractivity contribution in [1.29, 1.82) is 0 Å². The third-order valence-corrected chi connectivity index (χ3v) is 3.29. The molecule has 2 rings (SSSR count). The van der Waals surface area contributed by atoms with E-state index in [9.17, 15) is 4.79 Å². The van der Waals surface area contributed by atoms with Crippen LogP contribution in [0.2, 0.25) is 0 Å². The number of benzene rings is 1. The molecule has 0 atom stereocenters. The number of anilines is 1. The summed E-state index contributed by atoms with van der Waals surface area (Å²) in [5.74, 6) is 0.0882. The highest BCUT2D eigenvalue weighted by molar-refractivity contribution is 5.95. The predicted octanol–water partition coefficient (Wildman–Crippen LogP) is 2.68. The van der Waals surface area contributed by atoms with Crippen molar-refractivity contribution < 1.29 is 9.53 Å². The molecule has 1 aromatic carbocycles. The Hall–Kier alpha value is -1.55. The van der Waals surface area contributed by atoms with Crippen molar-refractivity contribution in [2.45, 2.75) is 33.2 Å². The van der Waals surface area contributed by atoms with Crippen molar-refractivity contribution in [1.82, 2.24) is 4.90 Å². The lowest BCUT2D eigenvalue weighted by molar-refractivity contribution is 0.0303. The van der Waals surface area contributed by atoms with E-state index in [1.54, 1.807) is 0 Å². The van der Waals surface area contributed by atoms with Gasteiger partial charge in [0.2, 0.25) is 0 Å². The normalized spacial score (nSPS) is 16.1. The van der Waals surface area contributed by atoms with Crippen LogP contribution in [-0.4, -0.2) is 42.6 Å². The second-order valence-electron chi connectivity index (χ2n) is 6.31. The summed E-state index contributed by atoms with van der Waals surface area (Å²) in [6.45, 7) is 11.0. The highest BCUT2D eigenvalue weighted by Crippen LogP contribution is 2.22. The molecule has 1 saturated heterocycles. The molecule has 0 aliphatic carbocycles. The summed E-state index contributed by atoms with van der Waals surface area (Å²) in [6, 6.07) is 5.86. The van der Waals surface area contributed by atoms with Gasteiger partial charge in [-0.2, -0.15) is 0 Å². The molecule has 1 aromatic rings. The van der Waals surface area contributed by atoms with Crippen molar-refractivity contribution in [3.8, 4) is 0 Å². The first kappa shape index (κ1) is 14.9. The maximum atomic E-state index is 12.5. The smallest absolute Gasteiger partial charge is 0.254 e. The Morgan fingerprint density at radius 1 is 1.25 bits per heavy atom. The molecule has 0 spiro atoms. The van der Waals surface area contributed by atoms with Crippen LogP contribution in [0.15, 0.2) is 18.2 Å². The highest BCUT2D eigenvalue weighted by Gasteiger charge is 2.20. The van der Waals surface area contributed by atoms with E-state index in [4.69, 9.17) is 4.74 Å². The van der Waals surface area contributed by atoms with Crippen LogP contribution in [0, 0.1) is 6.92 Å². The maximum Gasteiger partial charge on any atom is 0.254 e. The number of nitrogens with zero attached hydrogens (tertiary/aromatic N) is 1. The highest BCUT2D eigenvalue weighted by atomic mass is 16.5. The Balaban J connectivity index is 2.19. The monoisotopic (exact) mass is 276 g/mol. The fraction of sp³-hybridized carbons (Fsp3) is 0.562. The minimum Gasteiger partial charge on any atom is -0.380 e. The van der Waals surface area contributed by atoms with E-state index in [1.165, 1.54) is 0 Å². The minimum absolute atomic E-state index is 0.0224. The quantitative estimate of drug-likeness (QED) is 0.903. The second kappa shape index (κ2) is 5.83. The van der Waals surface area contributed by atoms with Gasteiger partial charge in [-0.3, -0.25) is 4.79 Å². The Morgan fingerprint density at radius 3 is 2.50 bits per heavy atom. The summed E-state index contributed by atoms with van der Waals surface area (Å²) < 4.78 is 5.29. The van der Waals surface area contributed by atoms with Gasteiger partial charge in [-0.05, 0) is 45.4 Å². The molecular weight excluding hydrogens is 252 g/mol. The zero-order valence-electron chi connectivity index (χ0n) is 12.8. The molecule has 1 fully saturated rings. The Labute approximate surface area is 121 Å². The van der Waals surface area contributed by atoms with E-state index >= 15 is 0 Å². The van der Waals surface area contributed by atoms with Crippen LogP contribution in [0.3, 0.4) is 0 Å². The van der Waals surface area contributed by atoms with Crippen molar-refractivity contribution in [3.05, 3.63) is 29.3 Å². The molecule has 4 nitrogen and oxygen atoms in total. The van der Waals surface area contributed by atoms with Crippen molar-refractivity contribution in [3.63, 3.8) is 0 Å². The Bertz CT molecular complexity index is 486. The molecule has 1 heterocycles. The summed E-state index contributed by atoms with van der Waals surface area (Å²) in [6.07, 6.45) is 0. The van der Waals surface area contributed by atoms with Crippen molar-refractivity contribution in [2.24, 2.45) is 0 Å².